The van der Waals surface area contributed by atoms with Crippen molar-refractivity contribution in [3.8, 4) is 11.8 Å². The quantitative estimate of drug-likeness (QED) is 0.635. The van der Waals surface area contributed by atoms with E-state index in [1.165, 1.54) is 0 Å². The summed E-state index contributed by atoms with van der Waals surface area (Å²) in [5.74, 6) is -0.633. The van der Waals surface area contributed by atoms with Crippen molar-refractivity contribution in [3.63, 3.8) is 0 Å². The highest BCUT2D eigenvalue weighted by atomic mass is 16.5. The number of dihydropyridines is 2. The lowest BCUT2D eigenvalue weighted by molar-refractivity contribution is -0.133. The number of nitriles is 1. The number of hydrogen-bond donors (Lipinski definition) is 3. The Kier molecular flexibility index (Phi) is 6.48. The summed E-state index contributed by atoms with van der Waals surface area (Å²) in [6.45, 7) is 6.20. The van der Waals surface area contributed by atoms with E-state index in [1.54, 1.807) is 26.2 Å². The molecular formula is C23H27N3O4. The fraction of sp³-hybridized carbons (Fsp3) is 0.391. The Labute approximate surface area is 176 Å². The van der Waals surface area contributed by atoms with Gasteiger partial charge in [-0.2, -0.15) is 5.26 Å². The van der Waals surface area contributed by atoms with Crippen LogP contribution in [0.3, 0.4) is 0 Å². The molecule has 1 aromatic carbocycles. The molecular weight excluding hydrogens is 382 g/mol. The molecule has 7 nitrogen and oxygen atoms in total. The summed E-state index contributed by atoms with van der Waals surface area (Å²) in [5, 5.41) is 25.6. The summed E-state index contributed by atoms with van der Waals surface area (Å²) in [6, 6.07) is 7.44. The monoisotopic (exact) mass is 409 g/mol. The van der Waals surface area contributed by atoms with Crippen LogP contribution < -0.4 is 15.4 Å². The molecule has 2 aliphatic rings. The Balaban J connectivity index is 1.99. The van der Waals surface area contributed by atoms with Crippen molar-refractivity contribution in [1.29, 1.82) is 5.26 Å². The van der Waals surface area contributed by atoms with Crippen molar-refractivity contribution in [2.75, 3.05) is 13.7 Å². The maximum atomic E-state index is 12.2. The van der Waals surface area contributed by atoms with E-state index in [0.717, 1.165) is 22.4 Å². The smallest absolute Gasteiger partial charge is 0.333 e. The molecule has 0 aliphatic carbocycles. The molecule has 2 atom stereocenters. The summed E-state index contributed by atoms with van der Waals surface area (Å²) < 4.78 is 11.3. The molecule has 2 unspecified atom stereocenters. The molecule has 0 amide bonds. The lowest BCUT2D eigenvalue weighted by atomic mass is 9.78. The largest absolute Gasteiger partial charge is 0.496 e. The third-order valence-electron chi connectivity index (χ3n) is 5.54. The van der Waals surface area contributed by atoms with Crippen molar-refractivity contribution in [1.82, 2.24) is 10.6 Å². The summed E-state index contributed by atoms with van der Waals surface area (Å²) >= 11 is 0. The summed E-state index contributed by atoms with van der Waals surface area (Å²) in [5.41, 5.74) is 5.29. The molecule has 158 valence electrons. The van der Waals surface area contributed by atoms with Gasteiger partial charge in [-0.3, -0.25) is 0 Å². The zero-order valence-electron chi connectivity index (χ0n) is 17.7. The Morgan fingerprint density at radius 2 is 2.10 bits per heavy atom. The second-order valence-corrected chi connectivity index (χ2v) is 7.36. The van der Waals surface area contributed by atoms with E-state index in [2.05, 4.69) is 16.7 Å². The van der Waals surface area contributed by atoms with Gasteiger partial charge in [0.15, 0.2) is 6.23 Å². The first-order valence-corrected chi connectivity index (χ1v) is 9.98. The SMILES string of the molecule is CCOC1NC=C(C)C2=C1C(CCc1ccc(C#N)cc1OC)C(C(=O)O)=C(C)N2. The first-order chi connectivity index (χ1) is 14.4. The van der Waals surface area contributed by atoms with Gasteiger partial charge in [0.1, 0.15) is 5.75 Å². The average molecular weight is 409 g/mol. The van der Waals surface area contributed by atoms with Crippen LogP contribution >= 0.6 is 0 Å². The van der Waals surface area contributed by atoms with E-state index in [1.807, 2.05) is 26.1 Å². The Hall–Kier alpha value is -3.24. The van der Waals surface area contributed by atoms with Crippen LogP contribution in [-0.2, 0) is 16.0 Å². The predicted molar refractivity (Wildman–Crippen MR) is 112 cm³/mol. The van der Waals surface area contributed by atoms with Gasteiger partial charge in [0.25, 0.3) is 0 Å². The number of aryl methyl sites for hydroxylation is 1. The average Bonchev–Trinajstić information content (AvgIpc) is 2.73. The second kappa shape index (κ2) is 9.06. The number of nitrogens with zero attached hydrogens (tertiary/aromatic N) is 1. The van der Waals surface area contributed by atoms with Crippen LogP contribution in [0.5, 0.6) is 5.75 Å². The van der Waals surface area contributed by atoms with Crippen molar-refractivity contribution in [2.24, 2.45) is 5.92 Å². The molecule has 2 heterocycles. The second-order valence-electron chi connectivity index (χ2n) is 7.36. The van der Waals surface area contributed by atoms with Crippen LogP contribution in [-0.4, -0.2) is 31.0 Å². The Morgan fingerprint density at radius 3 is 2.73 bits per heavy atom. The lowest BCUT2D eigenvalue weighted by Gasteiger charge is -2.38. The van der Waals surface area contributed by atoms with Crippen LogP contribution in [0, 0.1) is 17.2 Å². The van der Waals surface area contributed by atoms with Gasteiger partial charge in [-0.25, -0.2) is 4.79 Å². The van der Waals surface area contributed by atoms with Crippen molar-refractivity contribution in [2.45, 2.75) is 39.8 Å². The maximum Gasteiger partial charge on any atom is 0.333 e. The van der Waals surface area contributed by atoms with Gasteiger partial charge in [-0.05, 0) is 56.9 Å². The number of carboxylic acids is 1. The van der Waals surface area contributed by atoms with E-state index >= 15 is 0 Å². The highest BCUT2D eigenvalue weighted by Gasteiger charge is 2.38. The first kappa shape index (κ1) is 21.5. The van der Waals surface area contributed by atoms with Gasteiger partial charge in [0, 0.05) is 35.7 Å². The van der Waals surface area contributed by atoms with Crippen molar-refractivity contribution in [3.05, 3.63) is 63.6 Å². The molecule has 3 rings (SSSR count). The number of nitrogens with one attached hydrogen (secondary N) is 2. The number of benzene rings is 1. The van der Waals surface area contributed by atoms with Gasteiger partial charge in [0.2, 0.25) is 0 Å². The van der Waals surface area contributed by atoms with E-state index < -0.39 is 12.2 Å². The van der Waals surface area contributed by atoms with Gasteiger partial charge < -0.3 is 25.2 Å². The number of methoxy groups -OCH3 is 1. The van der Waals surface area contributed by atoms with Crippen molar-refractivity contribution >= 4 is 5.97 Å². The summed E-state index contributed by atoms with van der Waals surface area (Å²) in [4.78, 5) is 12.2. The third kappa shape index (κ3) is 4.05. The summed E-state index contributed by atoms with van der Waals surface area (Å²) in [6.07, 6.45) is 2.67. The minimum atomic E-state index is -0.939. The molecule has 0 bridgehead atoms. The number of carbonyl (C=O) groups is 1. The fourth-order valence-corrected chi connectivity index (χ4v) is 4.16. The number of ether oxygens (including phenoxy) is 2. The van der Waals surface area contributed by atoms with Crippen molar-refractivity contribution < 1.29 is 19.4 Å². The molecule has 0 radical (unpaired) electrons. The zero-order valence-corrected chi connectivity index (χ0v) is 17.7. The standard InChI is InChI=1S/C23H27N3O4/c1-5-30-22-20-17(9-8-16-7-6-15(11-24)10-18(16)29-4)19(23(27)28)14(3)26-21(20)13(2)12-25-22/h6-7,10,12,17,22,25-26H,5,8-9H2,1-4H3,(H,27,28). The van der Waals surface area contributed by atoms with Gasteiger partial charge in [-0.15, -0.1) is 0 Å². The van der Waals surface area contributed by atoms with Crippen LogP contribution in [0.4, 0.5) is 0 Å². The molecule has 0 saturated heterocycles. The number of carboxylic acid groups (broad SMARTS) is 1. The molecule has 0 fully saturated rings. The molecule has 3 N–H and O–H groups in total. The number of rotatable bonds is 7. The predicted octanol–water partition coefficient (Wildman–Crippen LogP) is 3.20. The van der Waals surface area contributed by atoms with Gasteiger partial charge in [-0.1, -0.05) is 6.07 Å². The number of allylic oxidation sites excluding steroid dienone is 2. The Bertz CT molecular complexity index is 985. The van der Waals surface area contributed by atoms with Gasteiger partial charge >= 0.3 is 5.97 Å². The molecule has 30 heavy (non-hydrogen) atoms. The van der Waals surface area contributed by atoms with E-state index in [0.29, 0.717) is 42.0 Å². The highest BCUT2D eigenvalue weighted by molar-refractivity contribution is 5.89. The first-order valence-electron chi connectivity index (χ1n) is 9.98. The maximum absolute atomic E-state index is 12.2. The molecule has 7 heteroatoms. The van der Waals surface area contributed by atoms with E-state index in [-0.39, 0.29) is 5.92 Å². The van der Waals surface area contributed by atoms with Gasteiger partial charge in [0.05, 0.1) is 24.3 Å². The Morgan fingerprint density at radius 1 is 1.33 bits per heavy atom. The summed E-state index contributed by atoms with van der Waals surface area (Å²) in [7, 11) is 1.57. The number of aliphatic carboxylic acids is 1. The lowest BCUT2D eigenvalue weighted by Crippen LogP contribution is -2.43. The van der Waals surface area contributed by atoms with Crippen LogP contribution in [0.15, 0.2) is 52.5 Å². The normalized spacial score (nSPS) is 20.6. The van der Waals surface area contributed by atoms with Crippen LogP contribution in [0.1, 0.15) is 38.3 Å². The highest BCUT2D eigenvalue weighted by Crippen LogP contribution is 2.39. The number of hydrogen-bond acceptors (Lipinski definition) is 6. The molecule has 2 aliphatic heterocycles. The molecule has 0 aromatic heterocycles. The van der Waals surface area contributed by atoms with E-state index in [9.17, 15) is 9.90 Å². The minimum Gasteiger partial charge on any atom is -0.496 e. The minimum absolute atomic E-state index is 0.327. The molecule has 1 aromatic rings. The molecule has 0 spiro atoms. The third-order valence-corrected chi connectivity index (χ3v) is 5.54. The van der Waals surface area contributed by atoms with E-state index in [4.69, 9.17) is 14.7 Å². The molecule has 0 saturated carbocycles. The fourth-order valence-electron chi connectivity index (χ4n) is 4.16. The van der Waals surface area contributed by atoms with Crippen LogP contribution in [0.25, 0.3) is 0 Å². The zero-order chi connectivity index (χ0) is 21.8. The topological polar surface area (TPSA) is 104 Å². The van der Waals surface area contributed by atoms with Crippen LogP contribution in [0.2, 0.25) is 0 Å².